The molecule has 0 amide bonds. The van der Waals surface area contributed by atoms with Gasteiger partial charge < -0.3 is 9.64 Å². The van der Waals surface area contributed by atoms with Gasteiger partial charge in [0.2, 0.25) is 0 Å². The summed E-state index contributed by atoms with van der Waals surface area (Å²) in [5, 5.41) is 0. The average Bonchev–Trinajstić information content (AvgIpc) is 2.63. The summed E-state index contributed by atoms with van der Waals surface area (Å²) in [5.41, 5.74) is 2.45. The van der Waals surface area contributed by atoms with Crippen LogP contribution in [0.2, 0.25) is 0 Å². The third-order valence-electron chi connectivity index (χ3n) is 4.43. The molecule has 1 saturated heterocycles. The molecule has 5 nitrogen and oxygen atoms in total. The van der Waals surface area contributed by atoms with Gasteiger partial charge in [-0.05, 0) is 45.1 Å². The standard InChI is InChI=1S/C20H28N4O/c1-23(2)15-18-10-11-21-20(22-18)19-16-24(13-14-25-19)12-6-9-17-7-4-3-5-8-17/h3-5,7-8,10-11,19H,6,9,12-16H2,1-2H3/t19-/m1/s1. The van der Waals surface area contributed by atoms with Crippen LogP contribution in [0.4, 0.5) is 0 Å². The van der Waals surface area contributed by atoms with Crippen molar-refractivity contribution in [1.82, 2.24) is 19.8 Å². The quantitative estimate of drug-likeness (QED) is 0.775. The Kier molecular flexibility index (Phi) is 6.50. The molecule has 0 aliphatic carbocycles. The lowest BCUT2D eigenvalue weighted by molar-refractivity contribution is -0.0346. The van der Waals surface area contributed by atoms with Gasteiger partial charge in [-0.15, -0.1) is 0 Å². The normalized spacial score (nSPS) is 18.6. The number of rotatable bonds is 7. The zero-order valence-corrected chi connectivity index (χ0v) is 15.3. The third-order valence-corrected chi connectivity index (χ3v) is 4.43. The Morgan fingerprint density at radius 1 is 1.20 bits per heavy atom. The van der Waals surface area contributed by atoms with Gasteiger partial charge in [0.15, 0.2) is 5.82 Å². The second-order valence-corrected chi connectivity index (χ2v) is 6.89. The van der Waals surface area contributed by atoms with E-state index in [0.717, 1.165) is 57.1 Å². The fourth-order valence-corrected chi connectivity index (χ4v) is 3.19. The van der Waals surface area contributed by atoms with Gasteiger partial charge in [-0.1, -0.05) is 30.3 Å². The van der Waals surface area contributed by atoms with E-state index in [1.807, 2.05) is 26.4 Å². The summed E-state index contributed by atoms with van der Waals surface area (Å²) in [6.07, 6.45) is 4.11. The van der Waals surface area contributed by atoms with Crippen molar-refractivity contribution >= 4 is 0 Å². The molecular formula is C20H28N4O. The van der Waals surface area contributed by atoms with E-state index in [1.54, 1.807) is 0 Å². The SMILES string of the molecule is CN(C)Cc1ccnc([C@H]2CN(CCCc3ccccc3)CCO2)n1. The van der Waals surface area contributed by atoms with Crippen LogP contribution in [0.15, 0.2) is 42.6 Å². The summed E-state index contributed by atoms with van der Waals surface area (Å²) in [6.45, 7) is 4.52. The molecule has 5 heteroatoms. The molecule has 0 unspecified atom stereocenters. The maximum Gasteiger partial charge on any atom is 0.158 e. The van der Waals surface area contributed by atoms with Crippen molar-refractivity contribution in [3.63, 3.8) is 0 Å². The minimum atomic E-state index is -0.0208. The lowest BCUT2D eigenvalue weighted by atomic mass is 10.1. The molecular weight excluding hydrogens is 312 g/mol. The van der Waals surface area contributed by atoms with Crippen LogP contribution in [-0.4, -0.2) is 60.1 Å². The zero-order valence-electron chi connectivity index (χ0n) is 15.3. The lowest BCUT2D eigenvalue weighted by Gasteiger charge is -2.32. The largest absolute Gasteiger partial charge is 0.368 e. The van der Waals surface area contributed by atoms with Gasteiger partial charge in [0, 0.05) is 25.8 Å². The molecule has 0 radical (unpaired) electrons. The van der Waals surface area contributed by atoms with E-state index in [9.17, 15) is 0 Å². The molecule has 1 aromatic heterocycles. The Balaban J connectivity index is 1.52. The van der Waals surface area contributed by atoms with Gasteiger partial charge in [0.05, 0.1) is 12.3 Å². The molecule has 2 heterocycles. The average molecular weight is 340 g/mol. The van der Waals surface area contributed by atoms with E-state index in [1.165, 1.54) is 5.56 Å². The van der Waals surface area contributed by atoms with Crippen LogP contribution in [0.3, 0.4) is 0 Å². The molecule has 1 atom stereocenters. The molecule has 1 aliphatic rings. The van der Waals surface area contributed by atoms with E-state index < -0.39 is 0 Å². The van der Waals surface area contributed by atoms with Crippen molar-refractivity contribution in [2.24, 2.45) is 0 Å². The number of hydrogen-bond acceptors (Lipinski definition) is 5. The molecule has 0 N–H and O–H groups in total. The fraction of sp³-hybridized carbons (Fsp3) is 0.500. The van der Waals surface area contributed by atoms with Gasteiger partial charge >= 0.3 is 0 Å². The first-order chi connectivity index (χ1) is 12.2. The predicted octanol–water partition coefficient (Wildman–Crippen LogP) is 2.54. The number of aryl methyl sites for hydroxylation is 1. The minimum absolute atomic E-state index is 0.0208. The fourth-order valence-electron chi connectivity index (χ4n) is 3.19. The Hall–Kier alpha value is -1.82. The van der Waals surface area contributed by atoms with Crippen molar-refractivity contribution in [2.75, 3.05) is 40.3 Å². The number of morpholine rings is 1. The monoisotopic (exact) mass is 340 g/mol. The summed E-state index contributed by atoms with van der Waals surface area (Å²) in [6, 6.07) is 12.7. The van der Waals surface area contributed by atoms with Crippen molar-refractivity contribution in [3.8, 4) is 0 Å². The van der Waals surface area contributed by atoms with Gasteiger partial charge in [0.25, 0.3) is 0 Å². The van der Waals surface area contributed by atoms with Crippen molar-refractivity contribution in [2.45, 2.75) is 25.5 Å². The Labute approximate surface area is 150 Å². The second kappa shape index (κ2) is 9.04. The smallest absolute Gasteiger partial charge is 0.158 e. The molecule has 3 rings (SSSR count). The van der Waals surface area contributed by atoms with E-state index in [4.69, 9.17) is 9.72 Å². The predicted molar refractivity (Wildman–Crippen MR) is 99.3 cm³/mol. The van der Waals surface area contributed by atoms with Crippen LogP contribution in [-0.2, 0) is 17.7 Å². The van der Waals surface area contributed by atoms with Gasteiger partial charge in [-0.2, -0.15) is 0 Å². The Morgan fingerprint density at radius 2 is 2.04 bits per heavy atom. The van der Waals surface area contributed by atoms with Crippen LogP contribution >= 0.6 is 0 Å². The number of nitrogens with zero attached hydrogens (tertiary/aromatic N) is 4. The first-order valence-corrected chi connectivity index (χ1v) is 9.05. The van der Waals surface area contributed by atoms with E-state index >= 15 is 0 Å². The Morgan fingerprint density at radius 3 is 2.84 bits per heavy atom. The first kappa shape index (κ1) is 18.0. The first-order valence-electron chi connectivity index (χ1n) is 9.05. The summed E-state index contributed by atoms with van der Waals surface area (Å²) < 4.78 is 5.94. The van der Waals surface area contributed by atoms with Gasteiger partial charge in [0.1, 0.15) is 6.10 Å². The molecule has 25 heavy (non-hydrogen) atoms. The van der Waals surface area contributed by atoms with Crippen molar-refractivity contribution in [3.05, 3.63) is 59.7 Å². The lowest BCUT2D eigenvalue weighted by Crippen LogP contribution is -2.39. The van der Waals surface area contributed by atoms with Crippen molar-refractivity contribution in [1.29, 1.82) is 0 Å². The van der Waals surface area contributed by atoms with Gasteiger partial charge in [-0.25, -0.2) is 9.97 Å². The molecule has 0 bridgehead atoms. The topological polar surface area (TPSA) is 41.5 Å². The molecule has 1 fully saturated rings. The van der Waals surface area contributed by atoms with Gasteiger partial charge in [-0.3, -0.25) is 4.90 Å². The van der Waals surface area contributed by atoms with Crippen LogP contribution < -0.4 is 0 Å². The van der Waals surface area contributed by atoms with Crippen LogP contribution in [0.25, 0.3) is 0 Å². The van der Waals surface area contributed by atoms with Crippen LogP contribution in [0.1, 0.15) is 29.6 Å². The zero-order chi connectivity index (χ0) is 17.5. The number of aromatic nitrogens is 2. The van der Waals surface area contributed by atoms with Crippen LogP contribution in [0, 0.1) is 0 Å². The maximum absolute atomic E-state index is 5.94. The van der Waals surface area contributed by atoms with Crippen molar-refractivity contribution < 1.29 is 4.74 Å². The van der Waals surface area contributed by atoms with E-state index in [2.05, 4.69) is 45.1 Å². The molecule has 2 aromatic rings. The highest BCUT2D eigenvalue weighted by atomic mass is 16.5. The molecule has 1 aromatic carbocycles. The number of hydrogen-bond donors (Lipinski definition) is 0. The number of ether oxygens (including phenoxy) is 1. The third kappa shape index (κ3) is 5.59. The molecule has 1 aliphatic heterocycles. The highest BCUT2D eigenvalue weighted by Gasteiger charge is 2.24. The highest BCUT2D eigenvalue weighted by molar-refractivity contribution is 5.14. The summed E-state index contributed by atoms with van der Waals surface area (Å²) in [7, 11) is 4.10. The molecule has 134 valence electrons. The summed E-state index contributed by atoms with van der Waals surface area (Å²) in [5.74, 6) is 0.812. The highest BCUT2D eigenvalue weighted by Crippen LogP contribution is 2.19. The summed E-state index contributed by atoms with van der Waals surface area (Å²) in [4.78, 5) is 13.7. The Bertz CT molecular complexity index is 647. The number of benzene rings is 1. The van der Waals surface area contributed by atoms with E-state index in [-0.39, 0.29) is 6.10 Å². The second-order valence-electron chi connectivity index (χ2n) is 6.89. The summed E-state index contributed by atoms with van der Waals surface area (Å²) >= 11 is 0. The van der Waals surface area contributed by atoms with Crippen LogP contribution in [0.5, 0.6) is 0 Å². The molecule has 0 spiro atoms. The minimum Gasteiger partial charge on any atom is -0.368 e. The maximum atomic E-state index is 5.94. The molecule has 0 saturated carbocycles. The van der Waals surface area contributed by atoms with E-state index in [0.29, 0.717) is 0 Å².